The molecule has 7 heteroatoms. The number of pyridine rings is 1. The number of hydrogen-bond donors (Lipinski definition) is 0. The van der Waals surface area contributed by atoms with Crippen LogP contribution in [0.5, 0.6) is 0 Å². The lowest BCUT2D eigenvalue weighted by molar-refractivity contribution is 0.252. The molecule has 0 unspecified atom stereocenters. The first-order valence-corrected chi connectivity index (χ1v) is 15.0. The minimum Gasteiger partial charge on any atom is -0.415 e. The third kappa shape index (κ3) is 4.00. The van der Waals surface area contributed by atoms with Crippen LogP contribution >= 0.6 is 11.8 Å². The Morgan fingerprint density at radius 2 is 1.93 bits per heavy atom. The van der Waals surface area contributed by atoms with Gasteiger partial charge in [0.05, 0.1) is 11.1 Å². The summed E-state index contributed by atoms with van der Waals surface area (Å²) in [5.41, 5.74) is 2.18. The molecule has 0 bridgehead atoms. The van der Waals surface area contributed by atoms with Crippen molar-refractivity contribution in [3.8, 4) is 0 Å². The average Bonchev–Trinajstić information content (AvgIpc) is 3.40. The predicted octanol–water partition coefficient (Wildman–Crippen LogP) is 5.13. The monoisotopic (exact) mass is 444 g/mol. The number of hydrogen-bond acceptors (Lipinski definition) is 5. The fourth-order valence-corrected chi connectivity index (χ4v) is 6.35. The second-order valence-electron chi connectivity index (χ2n) is 10.9. The van der Waals surface area contributed by atoms with Gasteiger partial charge in [-0.25, -0.2) is 0 Å². The van der Waals surface area contributed by atoms with E-state index in [9.17, 15) is 0 Å². The fraction of sp³-hybridized carbons (Fsp3) is 0.696. The lowest BCUT2D eigenvalue weighted by atomic mass is 10.00. The molecule has 1 aliphatic carbocycles. The van der Waals surface area contributed by atoms with Crippen LogP contribution in [-0.4, -0.2) is 45.2 Å². The third-order valence-electron chi connectivity index (χ3n) is 7.23. The van der Waals surface area contributed by atoms with Gasteiger partial charge in [0.2, 0.25) is 0 Å². The highest BCUT2D eigenvalue weighted by Gasteiger charge is 2.52. The second-order valence-corrected chi connectivity index (χ2v) is 17.4. The van der Waals surface area contributed by atoms with Crippen LogP contribution in [0.4, 0.5) is 0 Å². The first-order chi connectivity index (χ1) is 14.0. The molecule has 0 amide bonds. The number of aryl methyl sites for hydroxylation is 1. The van der Waals surface area contributed by atoms with Crippen LogP contribution in [0.25, 0.3) is 0 Å². The molecule has 3 heterocycles. The van der Waals surface area contributed by atoms with E-state index in [4.69, 9.17) is 14.5 Å². The van der Waals surface area contributed by atoms with E-state index < -0.39 is 8.32 Å². The molecule has 2 aromatic heterocycles. The fourth-order valence-electron chi connectivity index (χ4n) is 4.00. The van der Waals surface area contributed by atoms with E-state index in [0.29, 0.717) is 0 Å². The zero-order chi connectivity index (χ0) is 21.8. The third-order valence-corrected chi connectivity index (χ3v) is 13.1. The highest BCUT2D eigenvalue weighted by Crippen LogP contribution is 2.52. The normalized spacial score (nSPS) is 23.7. The number of aromatic nitrogens is 4. The van der Waals surface area contributed by atoms with Crippen molar-refractivity contribution >= 4 is 20.1 Å². The van der Waals surface area contributed by atoms with E-state index in [1.54, 1.807) is 0 Å². The zero-order valence-electron chi connectivity index (χ0n) is 19.6. The van der Waals surface area contributed by atoms with Gasteiger partial charge in [0.15, 0.2) is 8.32 Å². The van der Waals surface area contributed by atoms with Crippen LogP contribution in [0.3, 0.4) is 0 Å². The molecule has 30 heavy (non-hydrogen) atoms. The van der Waals surface area contributed by atoms with Crippen molar-refractivity contribution in [2.24, 2.45) is 0 Å². The summed E-state index contributed by atoms with van der Waals surface area (Å²) >= 11 is 2.03. The Labute approximate surface area is 186 Å². The summed E-state index contributed by atoms with van der Waals surface area (Å²) in [4.78, 5) is 4.84. The van der Waals surface area contributed by atoms with Crippen LogP contribution in [0.15, 0.2) is 18.2 Å². The summed E-state index contributed by atoms with van der Waals surface area (Å²) in [7, 11) is -1.77. The van der Waals surface area contributed by atoms with E-state index >= 15 is 0 Å². The molecular formula is C23H36N4OSSi. The van der Waals surface area contributed by atoms with Gasteiger partial charge in [-0.2, -0.15) is 11.8 Å². The van der Waals surface area contributed by atoms with Gasteiger partial charge in [-0.3, -0.25) is 4.98 Å². The topological polar surface area (TPSA) is 52.8 Å². The summed E-state index contributed by atoms with van der Waals surface area (Å²) in [5.74, 6) is 3.29. The van der Waals surface area contributed by atoms with Gasteiger partial charge < -0.3 is 8.99 Å². The van der Waals surface area contributed by atoms with E-state index in [2.05, 4.69) is 75.6 Å². The minimum absolute atomic E-state index is 0.0341. The molecule has 1 fully saturated rings. The molecule has 0 spiro atoms. The molecule has 0 aromatic carbocycles. The lowest BCUT2D eigenvalue weighted by Gasteiger charge is -2.39. The molecule has 1 aliphatic heterocycles. The smallest absolute Gasteiger partial charge is 0.192 e. The maximum atomic E-state index is 6.63. The molecule has 2 aromatic rings. The Hall–Kier alpha value is -1.18. The number of rotatable bonds is 5. The molecule has 164 valence electrons. The summed E-state index contributed by atoms with van der Waals surface area (Å²) in [6, 6.07) is 6.33. The van der Waals surface area contributed by atoms with Crippen molar-refractivity contribution in [3.05, 3.63) is 41.2 Å². The number of nitrogens with zero attached hydrogens (tertiary/aromatic N) is 4. The van der Waals surface area contributed by atoms with Gasteiger partial charge in [-0.05, 0) is 57.0 Å². The highest BCUT2D eigenvalue weighted by molar-refractivity contribution is 8.00. The molecule has 0 saturated heterocycles. The Bertz CT molecular complexity index is 932. The van der Waals surface area contributed by atoms with Gasteiger partial charge in [0.25, 0.3) is 0 Å². The van der Waals surface area contributed by atoms with Gasteiger partial charge >= 0.3 is 0 Å². The maximum Gasteiger partial charge on any atom is 0.192 e. The van der Waals surface area contributed by atoms with Crippen LogP contribution in [0, 0.1) is 6.92 Å². The van der Waals surface area contributed by atoms with Gasteiger partial charge in [0, 0.05) is 35.8 Å². The van der Waals surface area contributed by atoms with Crippen LogP contribution in [-0.2, 0) is 22.8 Å². The standard InChI is InChI=1S/C23H36N4OSSi/c1-17-9-8-10-18(24-17)23(11-12-23)20-26-25-19-15-22(5,29-14-13-27(19)20)16-28-30(6,7)21(2,3)4/h8-10H,11-16H2,1-7H3/t22-/m1/s1. The molecular weight excluding hydrogens is 408 g/mol. The SMILES string of the molecule is Cc1cccc(C2(c3nnc4n3CCS[C@@](C)(CO[Si](C)(C)C(C)(C)C)C4)CC2)n1. The lowest BCUT2D eigenvalue weighted by Crippen LogP contribution is -2.45. The molecule has 0 radical (unpaired) electrons. The molecule has 1 atom stereocenters. The highest BCUT2D eigenvalue weighted by atomic mass is 32.2. The molecule has 5 nitrogen and oxygen atoms in total. The van der Waals surface area contributed by atoms with E-state index in [-0.39, 0.29) is 15.2 Å². The minimum atomic E-state index is -1.77. The van der Waals surface area contributed by atoms with Crippen molar-refractivity contribution < 1.29 is 4.43 Å². The van der Waals surface area contributed by atoms with Crippen molar-refractivity contribution in [1.29, 1.82) is 0 Å². The Kier molecular flexibility index (Phi) is 5.47. The zero-order valence-corrected chi connectivity index (χ0v) is 21.4. The summed E-state index contributed by atoms with van der Waals surface area (Å²) in [5, 5.41) is 9.64. The average molecular weight is 445 g/mol. The van der Waals surface area contributed by atoms with Gasteiger partial charge in [-0.1, -0.05) is 26.8 Å². The van der Waals surface area contributed by atoms with E-state index in [1.807, 2.05) is 11.8 Å². The molecule has 0 N–H and O–H groups in total. The second kappa shape index (κ2) is 7.45. The maximum absolute atomic E-state index is 6.63. The largest absolute Gasteiger partial charge is 0.415 e. The number of thioether (sulfide) groups is 1. The van der Waals surface area contributed by atoms with Crippen molar-refractivity contribution in [2.75, 3.05) is 12.4 Å². The van der Waals surface area contributed by atoms with Crippen molar-refractivity contribution in [1.82, 2.24) is 19.7 Å². The van der Waals surface area contributed by atoms with Crippen LogP contribution < -0.4 is 0 Å². The van der Waals surface area contributed by atoms with Crippen molar-refractivity contribution in [3.63, 3.8) is 0 Å². The van der Waals surface area contributed by atoms with Gasteiger partial charge in [-0.15, -0.1) is 10.2 Å². The molecule has 2 aliphatic rings. The first-order valence-electron chi connectivity index (χ1n) is 11.1. The Morgan fingerprint density at radius 3 is 2.57 bits per heavy atom. The Morgan fingerprint density at radius 1 is 1.20 bits per heavy atom. The first kappa shape index (κ1) is 22.0. The predicted molar refractivity (Wildman–Crippen MR) is 127 cm³/mol. The number of fused-ring (bicyclic) bond motifs is 1. The molecule has 4 rings (SSSR count). The Balaban J connectivity index is 1.57. The van der Waals surface area contributed by atoms with Crippen LogP contribution in [0.1, 0.15) is 63.6 Å². The summed E-state index contributed by atoms with van der Waals surface area (Å²) in [6.45, 7) is 17.7. The summed E-state index contributed by atoms with van der Waals surface area (Å²) in [6.07, 6.45) is 3.12. The van der Waals surface area contributed by atoms with Gasteiger partial charge in [0.1, 0.15) is 11.6 Å². The van der Waals surface area contributed by atoms with Crippen molar-refractivity contribution in [2.45, 2.75) is 88.7 Å². The van der Waals surface area contributed by atoms with Crippen LogP contribution in [0.2, 0.25) is 18.1 Å². The summed E-state index contributed by atoms with van der Waals surface area (Å²) < 4.78 is 9.05. The quantitative estimate of drug-likeness (QED) is 0.598. The van der Waals surface area contributed by atoms with E-state index in [0.717, 1.165) is 61.2 Å². The van der Waals surface area contributed by atoms with E-state index in [1.165, 1.54) is 0 Å². The molecule has 1 saturated carbocycles.